The second-order valence-corrected chi connectivity index (χ2v) is 6.76. The summed E-state index contributed by atoms with van der Waals surface area (Å²) in [5.74, 6) is 0.847. The van der Waals surface area contributed by atoms with Gasteiger partial charge in [-0.1, -0.05) is 32.4 Å². The highest BCUT2D eigenvalue weighted by Gasteiger charge is 2.29. The number of hydrogen-bond acceptors (Lipinski definition) is 2. The smallest absolute Gasteiger partial charge is 0.152 e. The van der Waals surface area contributed by atoms with Crippen LogP contribution in [0.3, 0.4) is 0 Å². The van der Waals surface area contributed by atoms with Crippen molar-refractivity contribution >= 4 is 17.3 Å². The molecule has 1 fully saturated rings. The van der Waals surface area contributed by atoms with Gasteiger partial charge in [0.05, 0.1) is 5.69 Å². The summed E-state index contributed by atoms with van der Waals surface area (Å²) in [6, 6.07) is 4.48. The maximum atomic E-state index is 6.07. The first-order chi connectivity index (χ1) is 8.47. The van der Waals surface area contributed by atoms with Gasteiger partial charge in [0, 0.05) is 12.2 Å². The number of halogens is 1. The average molecular weight is 267 g/mol. The van der Waals surface area contributed by atoms with Gasteiger partial charge < -0.3 is 5.32 Å². The second kappa shape index (κ2) is 5.48. The van der Waals surface area contributed by atoms with E-state index in [9.17, 15) is 0 Å². The normalized spacial score (nSPS) is 24.9. The molecule has 1 saturated carbocycles. The van der Waals surface area contributed by atoms with E-state index in [1.807, 2.05) is 12.1 Å². The van der Waals surface area contributed by atoms with E-state index in [1.165, 1.54) is 25.7 Å². The van der Waals surface area contributed by atoms with Crippen molar-refractivity contribution in [1.29, 1.82) is 0 Å². The topological polar surface area (TPSA) is 24.9 Å². The Balaban J connectivity index is 1.90. The molecule has 1 aliphatic rings. The number of pyridine rings is 1. The lowest BCUT2D eigenvalue weighted by molar-refractivity contribution is 0.173. The monoisotopic (exact) mass is 266 g/mol. The summed E-state index contributed by atoms with van der Waals surface area (Å²) in [5.41, 5.74) is 1.41. The SMILES string of the molecule is CC(C)(C)C1CCC(Nc2cccnc2Cl)CC1. The van der Waals surface area contributed by atoms with E-state index in [4.69, 9.17) is 11.6 Å². The van der Waals surface area contributed by atoms with Crippen LogP contribution in [-0.4, -0.2) is 11.0 Å². The van der Waals surface area contributed by atoms with Crippen LogP contribution in [0.1, 0.15) is 46.5 Å². The molecule has 18 heavy (non-hydrogen) atoms. The minimum atomic E-state index is 0.441. The van der Waals surface area contributed by atoms with Crippen LogP contribution < -0.4 is 5.32 Å². The number of aromatic nitrogens is 1. The largest absolute Gasteiger partial charge is 0.380 e. The summed E-state index contributed by atoms with van der Waals surface area (Å²) in [7, 11) is 0. The minimum absolute atomic E-state index is 0.441. The molecule has 1 aliphatic carbocycles. The Morgan fingerprint density at radius 2 is 1.89 bits per heavy atom. The van der Waals surface area contributed by atoms with Gasteiger partial charge in [0.15, 0.2) is 5.15 Å². The number of anilines is 1. The molecule has 0 radical (unpaired) electrons. The van der Waals surface area contributed by atoms with Crippen LogP contribution in [0.2, 0.25) is 5.15 Å². The van der Waals surface area contributed by atoms with Gasteiger partial charge in [0.25, 0.3) is 0 Å². The van der Waals surface area contributed by atoms with Crippen LogP contribution in [-0.2, 0) is 0 Å². The Labute approximate surface area is 115 Å². The maximum Gasteiger partial charge on any atom is 0.152 e. The highest BCUT2D eigenvalue weighted by molar-refractivity contribution is 6.31. The van der Waals surface area contributed by atoms with Crippen molar-refractivity contribution in [2.45, 2.75) is 52.5 Å². The first-order valence-electron chi connectivity index (χ1n) is 6.84. The highest BCUT2D eigenvalue weighted by Crippen LogP contribution is 2.38. The third-order valence-corrected chi connectivity index (χ3v) is 4.37. The molecule has 0 saturated heterocycles. The van der Waals surface area contributed by atoms with Crippen LogP contribution >= 0.6 is 11.6 Å². The van der Waals surface area contributed by atoms with Crippen LogP contribution in [0.5, 0.6) is 0 Å². The van der Waals surface area contributed by atoms with Crippen molar-refractivity contribution in [2.24, 2.45) is 11.3 Å². The Hall–Kier alpha value is -0.760. The predicted octanol–water partition coefficient (Wildman–Crippen LogP) is 4.75. The molecule has 0 bridgehead atoms. The van der Waals surface area contributed by atoms with E-state index in [2.05, 4.69) is 31.1 Å². The molecule has 1 aromatic heterocycles. The fourth-order valence-corrected chi connectivity index (χ4v) is 2.99. The van der Waals surface area contributed by atoms with Crippen molar-refractivity contribution in [1.82, 2.24) is 4.98 Å². The molecule has 100 valence electrons. The summed E-state index contributed by atoms with van der Waals surface area (Å²) in [6.45, 7) is 7.05. The Bertz CT molecular complexity index is 390. The molecule has 2 rings (SSSR count). The molecule has 0 amide bonds. The quantitative estimate of drug-likeness (QED) is 0.782. The summed E-state index contributed by atoms with van der Waals surface area (Å²) in [4.78, 5) is 4.10. The molecule has 1 aromatic rings. The van der Waals surface area contributed by atoms with Gasteiger partial charge in [-0.2, -0.15) is 0 Å². The zero-order chi connectivity index (χ0) is 13.2. The van der Waals surface area contributed by atoms with E-state index in [-0.39, 0.29) is 0 Å². The van der Waals surface area contributed by atoms with Gasteiger partial charge in [-0.05, 0) is 49.1 Å². The van der Waals surface area contributed by atoms with E-state index in [0.717, 1.165) is 11.6 Å². The van der Waals surface area contributed by atoms with Gasteiger partial charge in [-0.25, -0.2) is 4.98 Å². The third kappa shape index (κ3) is 3.38. The zero-order valence-electron chi connectivity index (χ0n) is 11.5. The van der Waals surface area contributed by atoms with Crippen LogP contribution in [0.15, 0.2) is 18.3 Å². The molecule has 1 heterocycles. The van der Waals surface area contributed by atoms with Crippen LogP contribution in [0.4, 0.5) is 5.69 Å². The van der Waals surface area contributed by atoms with E-state index >= 15 is 0 Å². The zero-order valence-corrected chi connectivity index (χ0v) is 12.3. The number of nitrogens with one attached hydrogen (secondary N) is 1. The van der Waals surface area contributed by atoms with Gasteiger partial charge in [-0.3, -0.25) is 0 Å². The first kappa shape index (κ1) is 13.7. The number of nitrogens with zero attached hydrogens (tertiary/aromatic N) is 1. The third-order valence-electron chi connectivity index (χ3n) is 4.07. The van der Waals surface area contributed by atoms with E-state index in [0.29, 0.717) is 16.6 Å². The molecule has 0 spiro atoms. The lowest BCUT2D eigenvalue weighted by Crippen LogP contribution is -2.31. The molecule has 3 heteroatoms. The van der Waals surface area contributed by atoms with Gasteiger partial charge in [0.2, 0.25) is 0 Å². The molecule has 0 aromatic carbocycles. The van der Waals surface area contributed by atoms with Gasteiger partial charge in [-0.15, -0.1) is 0 Å². The Morgan fingerprint density at radius 1 is 1.22 bits per heavy atom. The molecule has 1 N–H and O–H groups in total. The van der Waals surface area contributed by atoms with E-state index < -0.39 is 0 Å². The van der Waals surface area contributed by atoms with Gasteiger partial charge >= 0.3 is 0 Å². The minimum Gasteiger partial charge on any atom is -0.380 e. The lowest BCUT2D eigenvalue weighted by atomic mass is 9.71. The molecule has 0 aliphatic heterocycles. The summed E-state index contributed by atoms with van der Waals surface area (Å²) >= 11 is 6.07. The highest BCUT2D eigenvalue weighted by atomic mass is 35.5. The molecular formula is C15H23ClN2. The first-order valence-corrected chi connectivity index (χ1v) is 7.21. The van der Waals surface area contributed by atoms with Crippen molar-refractivity contribution in [3.05, 3.63) is 23.5 Å². The average Bonchev–Trinajstić information content (AvgIpc) is 2.32. The van der Waals surface area contributed by atoms with Crippen molar-refractivity contribution < 1.29 is 0 Å². The molecular weight excluding hydrogens is 244 g/mol. The van der Waals surface area contributed by atoms with Crippen molar-refractivity contribution in [3.8, 4) is 0 Å². The summed E-state index contributed by atoms with van der Waals surface area (Å²) in [6.07, 6.45) is 6.79. The maximum absolute atomic E-state index is 6.07. The van der Waals surface area contributed by atoms with Crippen molar-refractivity contribution in [3.63, 3.8) is 0 Å². The number of rotatable bonds is 2. The second-order valence-electron chi connectivity index (χ2n) is 6.40. The standard InChI is InChI=1S/C15H23ClN2/c1-15(2,3)11-6-8-12(9-7-11)18-13-5-4-10-17-14(13)16/h4-5,10-12,18H,6-9H2,1-3H3. The Kier molecular flexibility index (Phi) is 4.16. The van der Waals surface area contributed by atoms with Crippen LogP contribution in [0.25, 0.3) is 0 Å². The molecule has 2 nitrogen and oxygen atoms in total. The summed E-state index contributed by atoms with van der Waals surface area (Å²) in [5, 5.41) is 4.11. The van der Waals surface area contributed by atoms with Crippen LogP contribution in [0, 0.1) is 11.3 Å². The fourth-order valence-electron chi connectivity index (χ4n) is 2.82. The number of hydrogen-bond donors (Lipinski definition) is 1. The fraction of sp³-hybridized carbons (Fsp3) is 0.667. The van der Waals surface area contributed by atoms with Gasteiger partial charge in [0.1, 0.15) is 0 Å². The Morgan fingerprint density at radius 3 is 2.44 bits per heavy atom. The van der Waals surface area contributed by atoms with E-state index in [1.54, 1.807) is 6.20 Å². The summed E-state index contributed by atoms with van der Waals surface area (Å²) < 4.78 is 0. The predicted molar refractivity (Wildman–Crippen MR) is 78.1 cm³/mol. The molecule has 0 unspecified atom stereocenters. The lowest BCUT2D eigenvalue weighted by Gasteiger charge is -2.37. The molecule has 0 atom stereocenters. The van der Waals surface area contributed by atoms with Crippen molar-refractivity contribution in [2.75, 3.05) is 5.32 Å².